The Labute approximate surface area is 176 Å². The van der Waals surface area contributed by atoms with Crippen LogP contribution in [0.3, 0.4) is 0 Å². The molecule has 2 aliphatic carbocycles. The summed E-state index contributed by atoms with van der Waals surface area (Å²) < 4.78 is 14.0. The summed E-state index contributed by atoms with van der Waals surface area (Å²) in [6.45, 7) is 6.86. The number of hydrazine groups is 1. The van der Waals surface area contributed by atoms with Gasteiger partial charge in [0.25, 0.3) is 0 Å². The highest BCUT2D eigenvalue weighted by Gasteiger charge is 2.42. The second kappa shape index (κ2) is 8.81. The normalized spacial score (nSPS) is 31.4. The largest absolute Gasteiger partial charge is 0.309 e. The molecule has 0 spiro atoms. The zero-order chi connectivity index (χ0) is 20.5. The van der Waals surface area contributed by atoms with Crippen molar-refractivity contribution in [3.63, 3.8) is 0 Å². The van der Waals surface area contributed by atoms with E-state index in [1.165, 1.54) is 11.1 Å². The van der Waals surface area contributed by atoms with Crippen molar-refractivity contribution in [1.82, 2.24) is 25.8 Å². The summed E-state index contributed by atoms with van der Waals surface area (Å²) in [7, 11) is -1.05. The van der Waals surface area contributed by atoms with Gasteiger partial charge in [-0.1, -0.05) is 18.2 Å². The summed E-state index contributed by atoms with van der Waals surface area (Å²) in [6.07, 6.45) is 10.5. The van der Waals surface area contributed by atoms with Gasteiger partial charge in [-0.2, -0.15) is 0 Å². The molecule has 5 atom stereocenters. The van der Waals surface area contributed by atoms with Gasteiger partial charge in [0.15, 0.2) is 0 Å². The fourth-order valence-electron chi connectivity index (χ4n) is 5.06. The van der Waals surface area contributed by atoms with Gasteiger partial charge >= 0.3 is 0 Å². The Balaban J connectivity index is 1.51. The van der Waals surface area contributed by atoms with Crippen LogP contribution in [0.25, 0.3) is 0 Å². The molecule has 29 heavy (non-hydrogen) atoms. The first-order valence-electron chi connectivity index (χ1n) is 10.7. The van der Waals surface area contributed by atoms with Gasteiger partial charge in [-0.15, -0.1) is 0 Å². The molecule has 1 saturated heterocycles. The van der Waals surface area contributed by atoms with Gasteiger partial charge in [-0.05, 0) is 49.3 Å². The summed E-state index contributed by atoms with van der Waals surface area (Å²) in [5.41, 5.74) is 7.44. The van der Waals surface area contributed by atoms with Crippen LogP contribution in [0.5, 0.6) is 0 Å². The highest BCUT2D eigenvalue weighted by Crippen LogP contribution is 2.43. The molecule has 2 aliphatic heterocycles. The fourth-order valence-corrected chi connectivity index (χ4v) is 5.45. The quantitative estimate of drug-likeness (QED) is 0.354. The van der Waals surface area contributed by atoms with Gasteiger partial charge in [0.05, 0.1) is 16.9 Å². The number of rotatable bonds is 7. The lowest BCUT2D eigenvalue weighted by Crippen LogP contribution is -2.54. The molecule has 4 rings (SSSR count). The Hall–Kier alpha value is -1.32. The minimum atomic E-state index is -1.05. The summed E-state index contributed by atoms with van der Waals surface area (Å²) in [5, 5.41) is 9.04. The molecular weight excluding hydrogens is 386 g/mol. The Bertz CT molecular complexity index is 775. The summed E-state index contributed by atoms with van der Waals surface area (Å²) in [4.78, 5) is 13.3. The SMILES string of the molecule is CC(C)N(NCCNS(C)=O)C(=O)[C@@H]1C=C2C3=C4C(CNC4CC=C3)C[C@H]2NC1. The van der Waals surface area contributed by atoms with E-state index in [1.54, 1.807) is 16.8 Å². The minimum absolute atomic E-state index is 0.0431. The second-order valence-corrected chi connectivity index (χ2v) is 9.85. The summed E-state index contributed by atoms with van der Waals surface area (Å²) in [5.74, 6) is 0.522. The number of fused-ring (bicyclic) bond motifs is 2. The highest BCUT2D eigenvalue weighted by molar-refractivity contribution is 7.82. The zero-order valence-electron chi connectivity index (χ0n) is 17.5. The standard InChI is InChI=1S/C21H33N5O2S/c1-13(2)26(24-7-8-25-29(3)28)21(27)15-9-17-16-5-4-6-18-20(16)14(11-22-18)10-19(17)23-12-15/h4-5,9,13-15,18-19,22-25H,6-8,10-12H2,1-3H3/t14?,15-,18?,19-,29?/m1/s1. The van der Waals surface area contributed by atoms with Crippen LogP contribution < -0.4 is 20.8 Å². The van der Waals surface area contributed by atoms with Crippen LogP contribution >= 0.6 is 0 Å². The number of hydrogen-bond acceptors (Lipinski definition) is 5. The molecule has 0 saturated carbocycles. The van der Waals surface area contributed by atoms with Crippen molar-refractivity contribution < 1.29 is 9.00 Å². The Morgan fingerprint density at radius 2 is 2.07 bits per heavy atom. The van der Waals surface area contributed by atoms with E-state index >= 15 is 0 Å². The van der Waals surface area contributed by atoms with E-state index < -0.39 is 11.0 Å². The van der Waals surface area contributed by atoms with Crippen molar-refractivity contribution in [2.75, 3.05) is 32.4 Å². The van der Waals surface area contributed by atoms with Gasteiger partial charge in [-0.3, -0.25) is 9.80 Å². The molecule has 160 valence electrons. The van der Waals surface area contributed by atoms with E-state index in [1.807, 2.05) is 13.8 Å². The molecule has 0 bridgehead atoms. The van der Waals surface area contributed by atoms with Crippen LogP contribution in [0.4, 0.5) is 0 Å². The third-order valence-corrected chi connectivity index (χ3v) is 6.96. The molecule has 0 radical (unpaired) electrons. The molecule has 0 aromatic heterocycles. The summed E-state index contributed by atoms with van der Waals surface area (Å²) in [6, 6.07) is 0.861. The average molecular weight is 420 g/mol. The molecule has 4 aliphatic rings. The predicted octanol–water partition coefficient (Wildman–Crippen LogP) is 0.374. The molecule has 8 heteroatoms. The number of hydrogen-bond donors (Lipinski definition) is 4. The molecule has 2 heterocycles. The third kappa shape index (κ3) is 4.27. The van der Waals surface area contributed by atoms with Crippen molar-refractivity contribution >= 4 is 16.9 Å². The Kier molecular flexibility index (Phi) is 6.36. The van der Waals surface area contributed by atoms with Gasteiger partial charge in [0, 0.05) is 50.6 Å². The zero-order valence-corrected chi connectivity index (χ0v) is 18.3. The molecule has 1 fully saturated rings. The molecule has 1 amide bonds. The first-order chi connectivity index (χ1) is 14.0. The van der Waals surface area contributed by atoms with E-state index in [-0.39, 0.29) is 17.9 Å². The van der Waals surface area contributed by atoms with Crippen molar-refractivity contribution in [2.45, 2.75) is 44.8 Å². The van der Waals surface area contributed by atoms with Gasteiger partial charge in [-0.25, -0.2) is 14.4 Å². The van der Waals surface area contributed by atoms with Crippen LogP contribution in [-0.4, -0.2) is 65.7 Å². The number of nitrogens with zero attached hydrogens (tertiary/aromatic N) is 1. The maximum absolute atomic E-state index is 13.3. The van der Waals surface area contributed by atoms with Gasteiger partial charge in [0.2, 0.25) is 5.91 Å². The van der Waals surface area contributed by atoms with Crippen LogP contribution in [0.1, 0.15) is 26.7 Å². The number of nitrogens with one attached hydrogen (secondary N) is 4. The van der Waals surface area contributed by atoms with Gasteiger partial charge in [0.1, 0.15) is 0 Å². The molecule has 0 aromatic rings. The lowest BCUT2D eigenvalue weighted by Gasteiger charge is -2.40. The monoisotopic (exact) mass is 419 g/mol. The molecular formula is C21H33N5O2S. The molecule has 3 unspecified atom stereocenters. The first-order valence-corrected chi connectivity index (χ1v) is 12.2. The van der Waals surface area contributed by atoms with E-state index in [4.69, 9.17) is 0 Å². The van der Waals surface area contributed by atoms with Crippen molar-refractivity contribution in [3.8, 4) is 0 Å². The highest BCUT2D eigenvalue weighted by atomic mass is 32.2. The topological polar surface area (TPSA) is 85.5 Å². The van der Waals surface area contributed by atoms with Gasteiger partial charge < -0.3 is 10.6 Å². The molecule has 4 N–H and O–H groups in total. The van der Waals surface area contributed by atoms with Crippen LogP contribution in [0.2, 0.25) is 0 Å². The van der Waals surface area contributed by atoms with Crippen molar-refractivity contribution in [3.05, 3.63) is 34.9 Å². The number of carbonyl (C=O) groups is 1. The summed E-state index contributed by atoms with van der Waals surface area (Å²) >= 11 is 0. The Morgan fingerprint density at radius 3 is 2.83 bits per heavy atom. The van der Waals surface area contributed by atoms with Crippen molar-refractivity contribution in [1.29, 1.82) is 0 Å². The maximum atomic E-state index is 13.3. The Morgan fingerprint density at radius 1 is 1.28 bits per heavy atom. The van der Waals surface area contributed by atoms with E-state index in [2.05, 4.69) is 39.0 Å². The minimum Gasteiger partial charge on any atom is -0.309 e. The average Bonchev–Trinajstić information content (AvgIpc) is 3.11. The number of allylic oxidation sites excluding steroid dienone is 1. The van der Waals surface area contributed by atoms with Crippen LogP contribution in [0, 0.1) is 11.8 Å². The molecule has 0 aromatic carbocycles. The number of carbonyl (C=O) groups excluding carboxylic acids is 1. The smallest absolute Gasteiger partial charge is 0.245 e. The second-order valence-electron chi connectivity index (χ2n) is 8.65. The van der Waals surface area contributed by atoms with E-state index in [0.29, 0.717) is 37.6 Å². The fraction of sp³-hybridized carbons (Fsp3) is 0.667. The van der Waals surface area contributed by atoms with Crippen molar-refractivity contribution in [2.24, 2.45) is 11.8 Å². The lowest BCUT2D eigenvalue weighted by molar-refractivity contribution is -0.139. The lowest BCUT2D eigenvalue weighted by atomic mass is 9.72. The maximum Gasteiger partial charge on any atom is 0.245 e. The van der Waals surface area contributed by atoms with Crippen LogP contribution in [0.15, 0.2) is 34.9 Å². The van der Waals surface area contributed by atoms with E-state index in [9.17, 15) is 9.00 Å². The predicted molar refractivity (Wildman–Crippen MR) is 116 cm³/mol. The first kappa shape index (κ1) is 20.9. The van der Waals surface area contributed by atoms with Crippen LogP contribution in [-0.2, 0) is 15.8 Å². The number of amides is 1. The molecule has 7 nitrogen and oxygen atoms in total. The third-order valence-electron chi connectivity index (χ3n) is 6.35. The van der Waals surface area contributed by atoms with E-state index in [0.717, 1.165) is 19.4 Å².